The summed E-state index contributed by atoms with van der Waals surface area (Å²) in [6.07, 6.45) is 8.17. The number of nitrogens with zero attached hydrogens (tertiary/aromatic N) is 3. The van der Waals surface area contributed by atoms with Gasteiger partial charge in [-0.05, 0) is 88.0 Å². The summed E-state index contributed by atoms with van der Waals surface area (Å²) in [5.41, 5.74) is 5.94. The minimum Gasteiger partial charge on any atom is -0.478 e. The first-order valence-electron chi connectivity index (χ1n) is 18.2. The molecule has 1 heterocycles. The number of benzene rings is 3. The number of carboxylic acid groups (broad SMARTS) is 1. The Hall–Kier alpha value is -5.22. The number of carboxylic acids is 1. The van der Waals surface area contributed by atoms with Crippen molar-refractivity contribution in [3.8, 4) is 0 Å². The van der Waals surface area contributed by atoms with Gasteiger partial charge >= 0.3 is 5.97 Å². The summed E-state index contributed by atoms with van der Waals surface area (Å²) in [6, 6.07) is 14.9. The van der Waals surface area contributed by atoms with Gasteiger partial charge in [-0.2, -0.15) is 0 Å². The quantitative estimate of drug-likeness (QED) is 0.0685. The van der Waals surface area contributed by atoms with Crippen LogP contribution in [-0.4, -0.2) is 116 Å². The van der Waals surface area contributed by atoms with E-state index in [1.165, 1.54) is 34.6 Å². The van der Waals surface area contributed by atoms with Crippen molar-refractivity contribution in [2.75, 3.05) is 72.3 Å². The molecule has 0 saturated carbocycles. The molecule has 0 fully saturated rings. The fourth-order valence-corrected chi connectivity index (χ4v) is 10.6. The number of amides is 1. The number of nitro benzene ring substituents is 1. The molecule has 3 aromatic rings. The first-order valence-corrected chi connectivity index (χ1v) is 23.1. The van der Waals surface area contributed by atoms with E-state index in [4.69, 9.17) is 9.47 Å². The number of aryl methyl sites for hydroxylation is 1. The molecule has 296 valence electrons. The Bertz CT molecular complexity index is 2310. The molecule has 15 heteroatoms. The van der Waals surface area contributed by atoms with Crippen molar-refractivity contribution < 1.29 is 42.1 Å². The van der Waals surface area contributed by atoms with Gasteiger partial charge in [0.1, 0.15) is 22.2 Å². The summed E-state index contributed by atoms with van der Waals surface area (Å²) in [7, 11) is 2.17. The largest absolute Gasteiger partial charge is 0.478 e. The third-order valence-electron chi connectivity index (χ3n) is 10.0. The predicted octanol–water partition coefficient (Wildman–Crippen LogP) is 4.64. The van der Waals surface area contributed by atoms with Gasteiger partial charge in [0.25, 0.3) is 11.6 Å². The molecule has 13 nitrogen and oxygen atoms in total. The first kappa shape index (κ1) is 41.9. The van der Waals surface area contributed by atoms with Gasteiger partial charge in [-0.25, -0.2) is 17.8 Å². The van der Waals surface area contributed by atoms with Crippen molar-refractivity contribution in [2.45, 2.75) is 30.8 Å². The summed E-state index contributed by atoms with van der Waals surface area (Å²) in [4.78, 5) is 39.0. The summed E-state index contributed by atoms with van der Waals surface area (Å²) in [5, 5.41) is 27.1. The Balaban J connectivity index is 1.23. The van der Waals surface area contributed by atoms with E-state index in [-0.39, 0.29) is 48.4 Å². The maximum Gasteiger partial charge on any atom is 0.336 e. The Morgan fingerprint density at radius 1 is 0.929 bits per heavy atom. The van der Waals surface area contributed by atoms with Gasteiger partial charge in [0, 0.05) is 68.5 Å². The smallest absolute Gasteiger partial charge is 0.336 e. The highest BCUT2D eigenvalue weighted by atomic mass is 32.2. The van der Waals surface area contributed by atoms with Gasteiger partial charge in [0.05, 0.1) is 35.2 Å². The predicted molar refractivity (Wildman–Crippen MR) is 220 cm³/mol. The van der Waals surface area contributed by atoms with Crippen LogP contribution < -0.4 is 15.4 Å². The second kappa shape index (κ2) is 17.3. The van der Waals surface area contributed by atoms with Crippen molar-refractivity contribution in [3.05, 3.63) is 122 Å². The highest BCUT2D eigenvalue weighted by molar-refractivity contribution is 7.90. The van der Waals surface area contributed by atoms with Gasteiger partial charge in [-0.3, -0.25) is 14.9 Å². The highest BCUT2D eigenvalue weighted by Gasteiger charge is 2.41. The number of carbonyl (C=O) groups is 2. The molecule has 1 aliphatic heterocycles. The van der Waals surface area contributed by atoms with Crippen LogP contribution in [0.5, 0.6) is 0 Å². The van der Waals surface area contributed by atoms with E-state index in [1.54, 1.807) is 6.07 Å². The Morgan fingerprint density at radius 3 is 2.29 bits per heavy atom. The fraction of sp³-hybridized carbons (Fsp3) is 0.341. The van der Waals surface area contributed by atoms with Crippen molar-refractivity contribution >= 4 is 57.6 Å². The molecule has 0 saturated heterocycles. The number of sulfone groups is 1. The molecular weight excluding hydrogens is 753 g/mol. The molecule has 2 aliphatic rings. The van der Waals surface area contributed by atoms with E-state index in [9.17, 15) is 33.2 Å². The number of aromatic carboxylic acids is 1. The number of nitrogens with one attached hydrogen (secondary N) is 1. The Labute approximate surface area is 328 Å². The maximum atomic E-state index is 13.4. The van der Waals surface area contributed by atoms with Crippen LogP contribution in [0.2, 0.25) is 13.1 Å². The zero-order valence-corrected chi connectivity index (χ0v) is 34.7. The fourth-order valence-electron chi connectivity index (χ4n) is 6.93. The number of ether oxygens (including phenoxy) is 2. The molecular formula is C41H49N4O9SSi+. The van der Waals surface area contributed by atoms with Crippen molar-refractivity contribution in [1.82, 2.24) is 5.32 Å². The van der Waals surface area contributed by atoms with Crippen LogP contribution >= 0.6 is 0 Å². The first-order chi connectivity index (χ1) is 26.4. The van der Waals surface area contributed by atoms with Gasteiger partial charge in [0.15, 0.2) is 15.5 Å². The lowest BCUT2D eigenvalue weighted by atomic mass is 9.86. The summed E-state index contributed by atoms with van der Waals surface area (Å²) < 4.78 is 36.8. The third kappa shape index (κ3) is 9.24. The standard InChI is InChI=1S/C41H48N4O9SSi/c1-43(2)29-12-16-33-37(24-29)56(6,7)38-25-30(44(3)4)13-17-34(38)39(33)35-23-28(11-15-32(35)41(47)48)40(46)42-18-20-54-22-21-53-19-8-9-27-10-14-31(55(5,51)52)26-36(27)45(49)50/h10-17,23-26H,8-9,18-22H2,1-7H3,(H-,42,46,47,48)/p+1. The number of fused-ring (bicyclic) bond motifs is 2. The number of hydrogen-bond donors (Lipinski definition) is 2. The van der Waals surface area contributed by atoms with Crippen LogP contribution in [0.25, 0.3) is 5.57 Å². The molecule has 0 atom stereocenters. The van der Waals surface area contributed by atoms with E-state index in [0.29, 0.717) is 36.1 Å². The van der Waals surface area contributed by atoms with Crippen LogP contribution in [0.3, 0.4) is 0 Å². The zero-order valence-electron chi connectivity index (χ0n) is 32.8. The highest BCUT2D eigenvalue weighted by Crippen LogP contribution is 2.43. The molecule has 0 bridgehead atoms. The van der Waals surface area contributed by atoms with Crippen LogP contribution in [0.1, 0.15) is 43.8 Å². The van der Waals surface area contributed by atoms with Gasteiger partial charge in [-0.1, -0.05) is 25.2 Å². The van der Waals surface area contributed by atoms with E-state index >= 15 is 0 Å². The molecule has 3 aromatic carbocycles. The number of carbonyl (C=O) groups excluding carboxylic acids is 1. The molecule has 1 amide bonds. The van der Waals surface area contributed by atoms with Crippen LogP contribution in [0.4, 0.5) is 11.4 Å². The molecule has 0 unspecified atom stereocenters. The molecule has 0 radical (unpaired) electrons. The summed E-state index contributed by atoms with van der Waals surface area (Å²) >= 11 is 0. The molecule has 1 aliphatic carbocycles. The molecule has 2 N–H and O–H groups in total. The van der Waals surface area contributed by atoms with Crippen LogP contribution in [0, 0.1) is 10.1 Å². The van der Waals surface area contributed by atoms with Crippen molar-refractivity contribution in [2.24, 2.45) is 0 Å². The Kier molecular flexibility index (Phi) is 12.9. The zero-order chi connectivity index (χ0) is 40.9. The van der Waals surface area contributed by atoms with E-state index < -0.39 is 28.8 Å². The number of nitro groups is 1. The summed E-state index contributed by atoms with van der Waals surface area (Å²) in [6.45, 7) is 5.92. The van der Waals surface area contributed by atoms with Gasteiger partial charge in [-0.15, -0.1) is 0 Å². The minimum absolute atomic E-state index is 0.0996. The molecule has 0 spiro atoms. The maximum absolute atomic E-state index is 13.4. The number of anilines is 1. The lowest BCUT2D eigenvalue weighted by Crippen LogP contribution is -2.49. The van der Waals surface area contributed by atoms with E-state index in [0.717, 1.165) is 40.4 Å². The lowest BCUT2D eigenvalue weighted by molar-refractivity contribution is -0.462. The van der Waals surface area contributed by atoms with Crippen LogP contribution in [-0.2, 0) is 25.7 Å². The third-order valence-corrected chi connectivity index (χ3v) is 14.7. The number of hydrogen-bond acceptors (Lipinski definition) is 9. The number of rotatable bonds is 16. The van der Waals surface area contributed by atoms with Crippen LogP contribution in [0.15, 0.2) is 88.5 Å². The van der Waals surface area contributed by atoms with E-state index in [2.05, 4.69) is 52.2 Å². The number of allylic oxidation sites excluding steroid dienone is 5. The lowest BCUT2D eigenvalue weighted by Gasteiger charge is -2.38. The topological polar surface area (TPSA) is 168 Å². The molecule has 56 heavy (non-hydrogen) atoms. The Morgan fingerprint density at radius 2 is 1.64 bits per heavy atom. The second-order valence-electron chi connectivity index (χ2n) is 14.7. The van der Waals surface area contributed by atoms with Gasteiger partial charge in [0.2, 0.25) is 0 Å². The average molecular weight is 802 g/mol. The van der Waals surface area contributed by atoms with Crippen molar-refractivity contribution in [1.29, 1.82) is 0 Å². The SMILES string of the molecule is CN(C)c1ccc2c(c1)[Si](C)(C)C1=CC(=[N+](C)C)C=CC1=C2c1cc(C(=O)NCCOCCOCCCc2ccc(S(C)(=O)=O)cc2[N+](=O)[O-])ccc1C(=O)O. The monoisotopic (exact) mass is 801 g/mol. The average Bonchev–Trinajstić information content (AvgIpc) is 3.14. The second-order valence-corrected chi connectivity index (χ2v) is 21.1. The normalized spacial score (nSPS) is 14.5. The van der Waals surface area contributed by atoms with Crippen molar-refractivity contribution in [3.63, 3.8) is 0 Å². The van der Waals surface area contributed by atoms with Gasteiger partial charge < -0.3 is 24.8 Å². The molecule has 5 rings (SSSR count). The summed E-state index contributed by atoms with van der Waals surface area (Å²) in [5.74, 6) is -1.45. The van der Waals surface area contributed by atoms with E-state index in [1.807, 2.05) is 40.3 Å². The minimum atomic E-state index is -3.56. The molecule has 0 aromatic heterocycles.